The van der Waals surface area contributed by atoms with E-state index in [9.17, 15) is 44.2 Å². The normalized spacial score (nSPS) is 38.9. The molecular formula is C18H26O15S. The van der Waals surface area contributed by atoms with Crippen LogP contribution in [0.3, 0.4) is 0 Å². The summed E-state index contributed by atoms with van der Waals surface area (Å²) in [6, 6.07) is 5.21. The van der Waals surface area contributed by atoms with Crippen LogP contribution in [0.2, 0.25) is 0 Å². The molecule has 16 heteroatoms. The number of rotatable bonds is 8. The van der Waals surface area contributed by atoms with Crippen LogP contribution >= 0.6 is 0 Å². The summed E-state index contributed by atoms with van der Waals surface area (Å²) in [5, 5.41) is 68.3. The first-order valence-corrected chi connectivity index (χ1v) is 11.3. The molecule has 10 atom stereocenters. The van der Waals surface area contributed by atoms with E-state index in [0.717, 1.165) is 0 Å². The van der Waals surface area contributed by atoms with Crippen LogP contribution < -0.4 is 9.47 Å². The fraction of sp³-hybridized carbons (Fsp3) is 0.667. The van der Waals surface area contributed by atoms with Gasteiger partial charge in [0.05, 0.1) is 13.2 Å². The Morgan fingerprint density at radius 2 is 1.15 bits per heavy atom. The topological polar surface area (TPSA) is 242 Å². The molecule has 0 radical (unpaired) electrons. The number of ether oxygens (including phenoxy) is 4. The minimum atomic E-state index is -5.08. The van der Waals surface area contributed by atoms with Crippen molar-refractivity contribution in [2.75, 3.05) is 13.2 Å². The number of benzene rings is 1. The standard InChI is InChI=1S/C18H26O15S/c19-5-9-11(21)13(23)15(25)17(31-9)29-7-1-3-8(4-2-7)30-18-16(33-34(26,27)28)14(24)12(22)10(6-20)32-18/h1-4,9-25H,5-6H2,(H,26,27,28)/t9-,10-,11+,12+,13+,14+,15-,16-,17?,18?/m1/s1. The lowest BCUT2D eigenvalue weighted by molar-refractivity contribution is -0.277. The summed E-state index contributed by atoms with van der Waals surface area (Å²) in [6.45, 7) is -1.39. The maximum absolute atomic E-state index is 11.1. The second kappa shape index (κ2) is 10.9. The highest BCUT2D eigenvalue weighted by Crippen LogP contribution is 2.29. The maximum Gasteiger partial charge on any atom is 0.397 e. The van der Waals surface area contributed by atoms with Crippen LogP contribution in [0, 0.1) is 0 Å². The summed E-state index contributed by atoms with van der Waals surface area (Å²) in [7, 11) is -5.08. The molecule has 0 spiro atoms. The van der Waals surface area contributed by atoms with Gasteiger partial charge in [0.25, 0.3) is 0 Å². The van der Waals surface area contributed by atoms with E-state index in [1.54, 1.807) is 0 Å². The van der Waals surface area contributed by atoms with Crippen molar-refractivity contribution in [3.8, 4) is 11.5 Å². The van der Waals surface area contributed by atoms with Gasteiger partial charge in [0.2, 0.25) is 12.6 Å². The van der Waals surface area contributed by atoms with E-state index in [-0.39, 0.29) is 11.5 Å². The molecule has 2 aliphatic heterocycles. The highest BCUT2D eigenvalue weighted by Gasteiger charge is 2.48. The summed E-state index contributed by atoms with van der Waals surface area (Å²) in [5.41, 5.74) is 0. The fourth-order valence-corrected chi connectivity index (χ4v) is 3.91. The first-order chi connectivity index (χ1) is 15.9. The third kappa shape index (κ3) is 6.11. The van der Waals surface area contributed by atoms with Gasteiger partial charge in [-0.2, -0.15) is 8.42 Å². The van der Waals surface area contributed by atoms with Gasteiger partial charge in [0.1, 0.15) is 54.2 Å². The van der Waals surface area contributed by atoms with E-state index in [2.05, 4.69) is 4.18 Å². The van der Waals surface area contributed by atoms with Crippen LogP contribution in [0.25, 0.3) is 0 Å². The van der Waals surface area contributed by atoms with Crippen LogP contribution in [0.1, 0.15) is 0 Å². The number of aliphatic hydroxyl groups excluding tert-OH is 7. The molecule has 34 heavy (non-hydrogen) atoms. The zero-order valence-corrected chi connectivity index (χ0v) is 18.2. The molecule has 8 N–H and O–H groups in total. The van der Waals surface area contributed by atoms with Gasteiger partial charge in [0, 0.05) is 0 Å². The van der Waals surface area contributed by atoms with Gasteiger partial charge < -0.3 is 54.7 Å². The van der Waals surface area contributed by atoms with Crippen LogP contribution in [0.5, 0.6) is 11.5 Å². The third-order valence-electron chi connectivity index (χ3n) is 5.23. The molecule has 2 fully saturated rings. The molecule has 2 aliphatic rings. The minimum absolute atomic E-state index is 0.00960. The summed E-state index contributed by atoms with van der Waals surface area (Å²) in [5.74, 6) is 0.103. The van der Waals surface area contributed by atoms with Crippen LogP contribution in [0.4, 0.5) is 0 Å². The average Bonchev–Trinajstić information content (AvgIpc) is 2.79. The van der Waals surface area contributed by atoms with Crippen molar-refractivity contribution in [3.05, 3.63) is 24.3 Å². The van der Waals surface area contributed by atoms with E-state index < -0.39 is 85.0 Å². The molecule has 15 nitrogen and oxygen atoms in total. The van der Waals surface area contributed by atoms with E-state index in [1.165, 1.54) is 24.3 Å². The molecule has 0 amide bonds. The zero-order valence-electron chi connectivity index (χ0n) is 17.3. The van der Waals surface area contributed by atoms with Crippen molar-refractivity contribution in [2.45, 2.75) is 61.4 Å². The Morgan fingerprint density at radius 1 is 0.706 bits per heavy atom. The summed E-state index contributed by atoms with van der Waals surface area (Å²) >= 11 is 0. The van der Waals surface area contributed by atoms with Gasteiger partial charge in [-0.25, -0.2) is 4.18 Å². The molecule has 194 valence electrons. The monoisotopic (exact) mass is 514 g/mol. The summed E-state index contributed by atoms with van der Waals surface area (Å²) in [4.78, 5) is 0. The summed E-state index contributed by atoms with van der Waals surface area (Å²) in [6.07, 6.45) is -16.0. The first kappa shape index (κ1) is 26.9. The van der Waals surface area contributed by atoms with Crippen molar-refractivity contribution in [3.63, 3.8) is 0 Å². The van der Waals surface area contributed by atoms with E-state index in [1.807, 2.05) is 0 Å². The quantitative estimate of drug-likeness (QED) is 0.154. The zero-order chi connectivity index (χ0) is 25.2. The highest BCUT2D eigenvalue weighted by atomic mass is 32.3. The van der Waals surface area contributed by atoms with Crippen molar-refractivity contribution in [1.82, 2.24) is 0 Å². The Morgan fingerprint density at radius 3 is 1.62 bits per heavy atom. The second-order valence-electron chi connectivity index (χ2n) is 7.60. The molecule has 2 heterocycles. The first-order valence-electron chi connectivity index (χ1n) is 9.97. The Kier molecular flexibility index (Phi) is 8.66. The van der Waals surface area contributed by atoms with Crippen molar-refractivity contribution in [2.24, 2.45) is 0 Å². The Labute approximate surface area is 193 Å². The van der Waals surface area contributed by atoms with Crippen LogP contribution in [-0.4, -0.2) is 123 Å². The lowest BCUT2D eigenvalue weighted by Crippen LogP contribution is -2.61. The average molecular weight is 514 g/mol. The molecule has 0 bridgehead atoms. The molecular weight excluding hydrogens is 488 g/mol. The molecule has 0 saturated carbocycles. The van der Waals surface area contributed by atoms with E-state index in [0.29, 0.717) is 0 Å². The SMILES string of the molecule is O=S(=O)(O)O[C@H]1C(Oc2ccc(OC3O[C@H](CO)[C@H](O)[C@H](O)[C@H]3O)cc2)O[C@H](CO)[C@H](O)[C@@H]1O. The van der Waals surface area contributed by atoms with Crippen molar-refractivity contribution in [1.29, 1.82) is 0 Å². The fourth-order valence-electron chi connectivity index (χ4n) is 3.42. The summed E-state index contributed by atoms with van der Waals surface area (Å²) < 4.78 is 57.0. The molecule has 3 rings (SSSR count). The highest BCUT2D eigenvalue weighted by molar-refractivity contribution is 7.80. The lowest BCUT2D eigenvalue weighted by atomic mass is 9.99. The van der Waals surface area contributed by atoms with Crippen molar-refractivity contribution >= 4 is 10.4 Å². The van der Waals surface area contributed by atoms with Crippen LogP contribution in [-0.2, 0) is 24.1 Å². The Bertz CT molecular complexity index is 893. The van der Waals surface area contributed by atoms with E-state index >= 15 is 0 Å². The number of aliphatic hydroxyl groups is 7. The van der Waals surface area contributed by atoms with Crippen LogP contribution in [0.15, 0.2) is 24.3 Å². The van der Waals surface area contributed by atoms with Gasteiger partial charge in [-0.05, 0) is 24.3 Å². The molecule has 2 saturated heterocycles. The predicted octanol–water partition coefficient (Wildman–Crippen LogP) is -4.13. The van der Waals surface area contributed by atoms with Gasteiger partial charge in [0.15, 0.2) is 6.10 Å². The van der Waals surface area contributed by atoms with Gasteiger partial charge in [-0.3, -0.25) is 4.55 Å². The molecule has 0 aliphatic carbocycles. The van der Waals surface area contributed by atoms with Crippen molar-refractivity contribution < 1.29 is 71.8 Å². The Hall–Kier alpha value is -1.67. The molecule has 1 aromatic rings. The lowest BCUT2D eigenvalue weighted by Gasteiger charge is -2.40. The smallest absolute Gasteiger partial charge is 0.397 e. The Balaban J connectivity index is 1.71. The predicted molar refractivity (Wildman–Crippen MR) is 106 cm³/mol. The third-order valence-corrected chi connectivity index (χ3v) is 5.70. The van der Waals surface area contributed by atoms with Gasteiger partial charge in [-0.1, -0.05) is 0 Å². The minimum Gasteiger partial charge on any atom is -0.462 e. The molecule has 2 unspecified atom stereocenters. The number of hydrogen-bond donors (Lipinski definition) is 8. The van der Waals surface area contributed by atoms with Gasteiger partial charge >= 0.3 is 10.4 Å². The largest absolute Gasteiger partial charge is 0.462 e. The molecule has 0 aromatic heterocycles. The second-order valence-corrected chi connectivity index (χ2v) is 8.65. The maximum atomic E-state index is 11.1. The van der Waals surface area contributed by atoms with Gasteiger partial charge in [-0.15, -0.1) is 0 Å². The van der Waals surface area contributed by atoms with E-state index in [4.69, 9.17) is 23.5 Å². The molecule has 1 aromatic carbocycles. The number of hydrogen-bond acceptors (Lipinski definition) is 14.